The Balaban J connectivity index is 0.866. The van der Waals surface area contributed by atoms with Crippen molar-refractivity contribution >= 4 is 33.6 Å². The molecule has 2 aromatic carbocycles. The van der Waals surface area contributed by atoms with E-state index >= 15 is 13.2 Å². The average Bonchev–Trinajstić information content (AvgIpc) is 3.71. The maximum absolute atomic E-state index is 16.4. The summed E-state index contributed by atoms with van der Waals surface area (Å²) in [5.74, 6) is -1.20. The van der Waals surface area contributed by atoms with Crippen LogP contribution in [0.4, 0.5) is 32.8 Å². The summed E-state index contributed by atoms with van der Waals surface area (Å²) in [7, 11) is -2.66. The number of carbonyl (C=O) groups excluding carboxylic acids is 3. The predicted molar refractivity (Wildman–Crippen MR) is 233 cm³/mol. The number of urea groups is 1. The second-order valence-electron chi connectivity index (χ2n) is 18.8. The van der Waals surface area contributed by atoms with E-state index in [1.54, 1.807) is 17.0 Å². The van der Waals surface area contributed by atoms with E-state index in [1.807, 2.05) is 6.07 Å². The summed E-state index contributed by atoms with van der Waals surface area (Å²) in [6.07, 6.45) is 7.23. The molecule has 0 spiro atoms. The van der Waals surface area contributed by atoms with Crippen molar-refractivity contribution < 1.29 is 45.1 Å². The number of halogens is 4. The number of rotatable bonds is 14. The lowest BCUT2D eigenvalue weighted by Crippen LogP contribution is -2.65. The highest BCUT2D eigenvalue weighted by Crippen LogP contribution is 2.52. The van der Waals surface area contributed by atoms with Crippen molar-refractivity contribution in [3.8, 4) is 0 Å². The molecule has 1 unspecified atom stereocenters. The minimum atomic E-state index is -4.03. The van der Waals surface area contributed by atoms with Crippen molar-refractivity contribution in [2.75, 3.05) is 97.1 Å². The van der Waals surface area contributed by atoms with Gasteiger partial charge in [0.1, 0.15) is 17.8 Å². The quantitative estimate of drug-likeness (QED) is 0.197. The van der Waals surface area contributed by atoms with Crippen molar-refractivity contribution in [2.45, 2.75) is 84.8 Å². The van der Waals surface area contributed by atoms with Gasteiger partial charge in [0.05, 0.1) is 49.1 Å². The Kier molecular flexibility index (Phi) is 13.8. The number of piperidine rings is 2. The van der Waals surface area contributed by atoms with Crippen LogP contribution in [0.2, 0.25) is 0 Å². The molecule has 0 bridgehead atoms. The molecule has 18 heteroatoms. The summed E-state index contributed by atoms with van der Waals surface area (Å²) in [5, 5.41) is 4.82. The third-order valence-electron chi connectivity index (χ3n) is 14.7. The molecule has 2 aromatic rings. The third kappa shape index (κ3) is 9.74. The number of alkyl carbamates (subject to hydrolysis) is 1. The molecule has 64 heavy (non-hydrogen) atoms. The van der Waals surface area contributed by atoms with Crippen LogP contribution in [-0.2, 0) is 24.8 Å². The number of nitrogens with zero attached hydrogens (tertiary/aromatic N) is 5. The minimum Gasteiger partial charge on any atom is -0.453 e. The summed E-state index contributed by atoms with van der Waals surface area (Å²) < 4.78 is 92.7. The SMILES string of the molecule is COC(=O)N[C@H]1CCC[C@@H]1C(CN1CCC1)(c1cccc(F)c1)C1CCN(CC2(F)CN(c3ccc(S(=O)(=O)[C@@H]4CCCN(C(=O)NC/C=C/C(=O)N5CC(F)C5)C4)cc3F)C2)CC1. The monoisotopic (exact) mass is 915 g/mol. The van der Waals surface area contributed by atoms with Crippen molar-refractivity contribution in [2.24, 2.45) is 11.8 Å². The summed E-state index contributed by atoms with van der Waals surface area (Å²) in [6, 6.07) is 10.0. The van der Waals surface area contributed by atoms with Crippen LogP contribution in [0.25, 0.3) is 0 Å². The fraction of sp³-hybridized carbons (Fsp3) is 0.630. The molecule has 13 nitrogen and oxygen atoms in total. The fourth-order valence-corrected chi connectivity index (χ4v) is 13.0. The average molecular weight is 916 g/mol. The molecular formula is C46H61F4N7O6S. The number of alkyl halides is 2. The Labute approximate surface area is 373 Å². The lowest BCUT2D eigenvalue weighted by atomic mass is 9.57. The third-order valence-corrected chi connectivity index (χ3v) is 16.9. The van der Waals surface area contributed by atoms with Crippen molar-refractivity contribution in [1.29, 1.82) is 0 Å². The zero-order valence-corrected chi connectivity index (χ0v) is 37.4. The van der Waals surface area contributed by atoms with Crippen LogP contribution in [-0.4, -0.2) is 161 Å². The van der Waals surface area contributed by atoms with Gasteiger partial charge in [-0.05, 0) is 119 Å². The summed E-state index contributed by atoms with van der Waals surface area (Å²) >= 11 is 0. The van der Waals surface area contributed by atoms with Crippen LogP contribution in [0.3, 0.4) is 0 Å². The Morgan fingerprint density at radius 1 is 0.891 bits per heavy atom. The molecule has 1 saturated carbocycles. The van der Waals surface area contributed by atoms with Crippen LogP contribution in [0.5, 0.6) is 0 Å². The minimum absolute atomic E-state index is 0.0323. The molecule has 0 radical (unpaired) electrons. The molecule has 2 N–H and O–H groups in total. The van der Waals surface area contributed by atoms with Gasteiger partial charge in [0.15, 0.2) is 15.5 Å². The lowest BCUT2D eigenvalue weighted by molar-refractivity contribution is -0.132. The van der Waals surface area contributed by atoms with E-state index in [4.69, 9.17) is 4.74 Å². The van der Waals surface area contributed by atoms with Gasteiger partial charge in [-0.2, -0.15) is 0 Å². The molecule has 6 fully saturated rings. The first-order valence-corrected chi connectivity index (χ1v) is 24.4. The molecule has 4 amide bonds. The molecule has 1 aliphatic carbocycles. The van der Waals surface area contributed by atoms with E-state index in [1.165, 1.54) is 47.3 Å². The predicted octanol–water partition coefficient (Wildman–Crippen LogP) is 5.06. The molecule has 0 aromatic heterocycles. The van der Waals surface area contributed by atoms with Gasteiger partial charge in [0.2, 0.25) is 5.91 Å². The van der Waals surface area contributed by atoms with Crippen LogP contribution < -0.4 is 15.5 Å². The number of likely N-dealkylation sites (tertiary alicyclic amines) is 4. The highest BCUT2D eigenvalue weighted by atomic mass is 32.2. The Bertz CT molecular complexity index is 2160. The Morgan fingerprint density at radius 2 is 1.66 bits per heavy atom. The molecule has 8 rings (SSSR count). The first-order valence-electron chi connectivity index (χ1n) is 22.8. The number of sulfone groups is 1. The Morgan fingerprint density at radius 3 is 2.33 bits per heavy atom. The van der Waals surface area contributed by atoms with Gasteiger partial charge in [-0.15, -0.1) is 0 Å². The number of methoxy groups -OCH3 is 1. The number of nitrogens with one attached hydrogen (secondary N) is 2. The molecular weight excluding hydrogens is 855 g/mol. The summed E-state index contributed by atoms with van der Waals surface area (Å²) in [6.45, 7) is 4.41. The first-order chi connectivity index (χ1) is 30.7. The lowest BCUT2D eigenvalue weighted by Gasteiger charge is -2.54. The van der Waals surface area contributed by atoms with Crippen LogP contribution in [0, 0.1) is 23.5 Å². The van der Waals surface area contributed by atoms with Crippen LogP contribution in [0.15, 0.2) is 59.5 Å². The van der Waals surface area contributed by atoms with E-state index < -0.39 is 50.3 Å². The van der Waals surface area contributed by atoms with Crippen molar-refractivity contribution in [3.05, 3.63) is 71.8 Å². The smallest absolute Gasteiger partial charge is 0.407 e. The van der Waals surface area contributed by atoms with Gasteiger partial charge in [0.25, 0.3) is 0 Å². The first kappa shape index (κ1) is 46.1. The van der Waals surface area contributed by atoms with Gasteiger partial charge in [-0.3, -0.25) is 9.69 Å². The number of carbonyl (C=O) groups is 3. The maximum Gasteiger partial charge on any atom is 0.407 e. The standard InChI is InChI=1S/C46H61F4N7O6S/c1-63-44(60)52-40-11-3-10-38(40)46(31-53-18-6-19-53,33-7-2-8-34(47)23-33)32-15-21-54(22-16-32)28-45(50)29-57(30-45)41-14-13-36(24-39(41)49)64(61,62)37-9-5-20-55(27-37)43(59)51-17-4-12-42(58)56-25-35(48)26-56/h2,4,7-8,12-14,23-24,32,35,37-38,40H,3,5-6,9-11,15-22,25-31H2,1H3,(H,51,59)(H,52,60)/b12-4+/t37-,38+,40+,46?/m1/s1. The zero-order chi connectivity index (χ0) is 45.2. The fourth-order valence-electron chi connectivity index (χ4n) is 11.3. The largest absolute Gasteiger partial charge is 0.453 e. The van der Waals surface area contributed by atoms with E-state index in [0.29, 0.717) is 32.5 Å². The van der Waals surface area contributed by atoms with E-state index in [9.17, 15) is 27.2 Å². The number of ether oxygens (including phenoxy) is 1. The van der Waals surface area contributed by atoms with Gasteiger partial charge in [-0.1, -0.05) is 24.6 Å². The topological polar surface area (TPSA) is 135 Å². The van der Waals surface area contributed by atoms with E-state index in [0.717, 1.165) is 69.8 Å². The maximum atomic E-state index is 16.4. The van der Waals surface area contributed by atoms with Crippen LogP contribution >= 0.6 is 0 Å². The Hall–Kier alpha value is -4.42. The number of benzene rings is 2. The summed E-state index contributed by atoms with van der Waals surface area (Å²) in [4.78, 5) is 46.1. The van der Waals surface area contributed by atoms with Crippen molar-refractivity contribution in [1.82, 2.24) is 30.2 Å². The van der Waals surface area contributed by atoms with E-state index in [-0.39, 0.29) is 86.0 Å². The number of hydrogen-bond acceptors (Lipinski definition) is 9. The molecule has 4 atom stereocenters. The van der Waals surface area contributed by atoms with Crippen LogP contribution in [0.1, 0.15) is 56.9 Å². The molecule has 5 aliphatic heterocycles. The second kappa shape index (κ2) is 19.2. The van der Waals surface area contributed by atoms with Gasteiger partial charge in [0, 0.05) is 50.3 Å². The number of amides is 4. The number of anilines is 1. The molecule has 6 aliphatic rings. The summed E-state index contributed by atoms with van der Waals surface area (Å²) in [5.41, 5.74) is -0.981. The van der Waals surface area contributed by atoms with E-state index in [2.05, 4.69) is 20.4 Å². The van der Waals surface area contributed by atoms with Gasteiger partial charge in [-0.25, -0.2) is 35.6 Å². The highest BCUT2D eigenvalue weighted by molar-refractivity contribution is 7.92. The highest BCUT2D eigenvalue weighted by Gasteiger charge is 2.54. The van der Waals surface area contributed by atoms with Gasteiger partial charge < -0.3 is 35.0 Å². The number of hydrogen-bond donors (Lipinski definition) is 2. The molecule has 350 valence electrons. The second-order valence-corrected chi connectivity index (χ2v) is 21.0. The normalized spacial score (nSPS) is 25.6. The zero-order valence-electron chi connectivity index (χ0n) is 36.5. The van der Waals surface area contributed by atoms with Gasteiger partial charge >= 0.3 is 12.1 Å². The van der Waals surface area contributed by atoms with Crippen molar-refractivity contribution in [3.63, 3.8) is 0 Å². The molecule has 5 saturated heterocycles. The molecule has 5 heterocycles.